The number of halogens is 1. The van der Waals surface area contributed by atoms with E-state index in [1.165, 1.54) is 0 Å². The van der Waals surface area contributed by atoms with Crippen LogP contribution in [0.2, 0.25) is 0 Å². The van der Waals surface area contributed by atoms with Crippen LogP contribution in [0.15, 0.2) is 0 Å². The van der Waals surface area contributed by atoms with Crippen molar-refractivity contribution in [2.75, 3.05) is 13.6 Å². The third kappa shape index (κ3) is 2.04. The minimum atomic E-state index is 0.453. The normalized spacial score (nSPS) is 24.6. The monoisotopic (exact) mass is 295 g/mol. The van der Waals surface area contributed by atoms with Crippen molar-refractivity contribution >= 4 is 22.8 Å². The minimum Gasteiger partial charge on any atom is -0.309 e. The molecular formula is C14H22ClN5. The van der Waals surface area contributed by atoms with Crippen molar-refractivity contribution in [1.29, 1.82) is 0 Å². The van der Waals surface area contributed by atoms with E-state index in [1.54, 1.807) is 0 Å². The quantitative estimate of drug-likeness (QED) is 0.799. The summed E-state index contributed by atoms with van der Waals surface area (Å²) in [6, 6.07) is 1.05. The highest BCUT2D eigenvalue weighted by Gasteiger charge is 2.28. The lowest BCUT2D eigenvalue weighted by Gasteiger charge is -2.36. The van der Waals surface area contributed by atoms with Crippen molar-refractivity contribution in [2.24, 2.45) is 7.05 Å². The highest BCUT2D eigenvalue weighted by Crippen LogP contribution is 2.32. The maximum atomic E-state index is 6.13. The number of likely N-dealkylation sites (tertiary alicyclic amines) is 1. The van der Waals surface area contributed by atoms with Gasteiger partial charge < -0.3 is 9.47 Å². The Morgan fingerprint density at radius 3 is 2.75 bits per heavy atom. The first kappa shape index (κ1) is 13.9. The molecular weight excluding hydrogens is 274 g/mol. The van der Waals surface area contributed by atoms with Crippen molar-refractivity contribution in [1.82, 2.24) is 24.2 Å². The van der Waals surface area contributed by atoms with E-state index in [2.05, 4.69) is 28.5 Å². The summed E-state index contributed by atoms with van der Waals surface area (Å²) in [5, 5.41) is 4.49. The summed E-state index contributed by atoms with van der Waals surface area (Å²) in [5.74, 6) is 1.42. The molecule has 3 rings (SSSR count). The summed E-state index contributed by atoms with van der Waals surface area (Å²) in [5.41, 5.74) is 3.09. The van der Waals surface area contributed by atoms with E-state index in [0.29, 0.717) is 18.0 Å². The number of fused-ring (bicyclic) bond motifs is 1. The van der Waals surface area contributed by atoms with E-state index in [9.17, 15) is 0 Å². The molecule has 2 aromatic heterocycles. The molecule has 2 atom stereocenters. The van der Waals surface area contributed by atoms with Crippen LogP contribution in [-0.4, -0.2) is 43.9 Å². The second-order valence-corrected chi connectivity index (χ2v) is 6.19. The van der Waals surface area contributed by atoms with Gasteiger partial charge in [0.1, 0.15) is 11.3 Å². The Labute approximate surface area is 124 Å². The molecule has 0 aromatic carbocycles. The van der Waals surface area contributed by atoms with Crippen LogP contribution in [-0.2, 0) is 12.9 Å². The highest BCUT2D eigenvalue weighted by molar-refractivity contribution is 6.16. The zero-order valence-corrected chi connectivity index (χ0v) is 13.4. The molecule has 1 fully saturated rings. The predicted molar refractivity (Wildman–Crippen MR) is 81.2 cm³/mol. The highest BCUT2D eigenvalue weighted by atomic mass is 35.5. The van der Waals surface area contributed by atoms with Gasteiger partial charge >= 0.3 is 0 Å². The van der Waals surface area contributed by atoms with Gasteiger partial charge in [0.15, 0.2) is 5.65 Å². The molecule has 6 heteroatoms. The largest absolute Gasteiger partial charge is 0.309 e. The van der Waals surface area contributed by atoms with Crippen molar-refractivity contribution in [2.45, 2.75) is 44.7 Å². The number of hydrogen-bond donors (Lipinski definition) is 0. The summed E-state index contributed by atoms with van der Waals surface area (Å²) in [4.78, 5) is 7.12. The molecule has 0 spiro atoms. The lowest BCUT2D eigenvalue weighted by Crippen LogP contribution is -2.38. The topological polar surface area (TPSA) is 38.9 Å². The molecule has 0 N–H and O–H groups in total. The Hall–Kier alpha value is -1.07. The first-order valence-corrected chi connectivity index (χ1v) is 7.73. The molecule has 1 saturated heterocycles. The van der Waals surface area contributed by atoms with Crippen LogP contribution in [0.3, 0.4) is 0 Å². The predicted octanol–water partition coefficient (Wildman–Crippen LogP) is 2.47. The third-order valence-electron chi connectivity index (χ3n) is 4.57. The number of rotatable bonds is 2. The van der Waals surface area contributed by atoms with E-state index in [4.69, 9.17) is 16.6 Å². The smallest absolute Gasteiger partial charge is 0.158 e. The van der Waals surface area contributed by atoms with Crippen LogP contribution in [0.5, 0.6) is 0 Å². The zero-order chi connectivity index (χ0) is 14.4. The summed E-state index contributed by atoms with van der Waals surface area (Å²) in [6.45, 7) is 5.41. The Morgan fingerprint density at radius 2 is 2.10 bits per heavy atom. The number of imidazole rings is 1. The van der Waals surface area contributed by atoms with Crippen molar-refractivity contribution < 1.29 is 0 Å². The second kappa shape index (κ2) is 5.04. The number of hydrogen-bond acceptors (Lipinski definition) is 3. The molecule has 0 saturated carbocycles. The van der Waals surface area contributed by atoms with Crippen LogP contribution in [0, 0.1) is 6.92 Å². The van der Waals surface area contributed by atoms with Gasteiger partial charge in [-0.1, -0.05) is 0 Å². The molecule has 1 aliphatic heterocycles. The van der Waals surface area contributed by atoms with Gasteiger partial charge in [0.05, 0.1) is 11.6 Å². The maximum Gasteiger partial charge on any atom is 0.158 e. The molecule has 0 radical (unpaired) electrons. The average molecular weight is 296 g/mol. The van der Waals surface area contributed by atoms with Gasteiger partial charge in [-0.15, -0.1) is 11.6 Å². The number of nitrogens with zero attached hydrogens (tertiary/aromatic N) is 5. The van der Waals surface area contributed by atoms with Crippen LogP contribution < -0.4 is 0 Å². The van der Waals surface area contributed by atoms with Gasteiger partial charge in [-0.25, -0.2) is 4.98 Å². The van der Waals surface area contributed by atoms with Gasteiger partial charge in [0, 0.05) is 25.7 Å². The Kier molecular flexibility index (Phi) is 3.50. The molecule has 2 unspecified atom stereocenters. The molecule has 5 nitrogen and oxygen atoms in total. The number of alkyl halides is 1. The lowest BCUT2D eigenvalue weighted by atomic mass is 9.98. The number of aromatic nitrogens is 4. The Morgan fingerprint density at radius 1 is 1.35 bits per heavy atom. The van der Waals surface area contributed by atoms with Crippen LogP contribution >= 0.6 is 11.6 Å². The van der Waals surface area contributed by atoms with Crippen LogP contribution in [0.25, 0.3) is 11.2 Å². The SMILES string of the molecule is Cc1nn(C)c2c1nc(CCl)n2C1CCN(C)C(C)C1. The second-order valence-electron chi connectivity index (χ2n) is 5.92. The van der Waals surface area contributed by atoms with E-state index >= 15 is 0 Å². The minimum absolute atomic E-state index is 0.453. The fourth-order valence-corrected chi connectivity index (χ4v) is 3.51. The van der Waals surface area contributed by atoms with Gasteiger partial charge in [-0.2, -0.15) is 5.10 Å². The summed E-state index contributed by atoms with van der Waals surface area (Å²) in [6.07, 6.45) is 2.27. The summed E-state index contributed by atoms with van der Waals surface area (Å²) >= 11 is 6.13. The van der Waals surface area contributed by atoms with Gasteiger partial charge in [-0.05, 0) is 33.7 Å². The summed E-state index contributed by atoms with van der Waals surface area (Å²) in [7, 11) is 4.19. The van der Waals surface area contributed by atoms with Crippen molar-refractivity contribution in [3.05, 3.63) is 11.5 Å². The number of piperidine rings is 1. The standard InChI is InChI=1S/C14H22ClN5/c1-9-7-11(5-6-18(9)3)20-12(8-15)16-13-10(2)17-19(4)14(13)20/h9,11H,5-8H2,1-4H3. The van der Waals surface area contributed by atoms with Crippen LogP contribution in [0.4, 0.5) is 0 Å². The van der Waals surface area contributed by atoms with Gasteiger partial charge in [0.2, 0.25) is 0 Å². The van der Waals surface area contributed by atoms with E-state index in [1.807, 2.05) is 18.7 Å². The van der Waals surface area contributed by atoms with Crippen molar-refractivity contribution in [3.8, 4) is 0 Å². The molecule has 20 heavy (non-hydrogen) atoms. The van der Waals surface area contributed by atoms with Gasteiger partial charge in [0.25, 0.3) is 0 Å². The molecule has 1 aliphatic rings. The molecule has 0 bridgehead atoms. The third-order valence-corrected chi connectivity index (χ3v) is 4.81. The molecule has 3 heterocycles. The van der Waals surface area contributed by atoms with E-state index in [-0.39, 0.29) is 0 Å². The molecule has 0 aliphatic carbocycles. The zero-order valence-electron chi connectivity index (χ0n) is 12.6. The van der Waals surface area contributed by atoms with Gasteiger partial charge in [-0.3, -0.25) is 4.68 Å². The molecule has 0 amide bonds. The molecule has 2 aromatic rings. The fourth-order valence-electron chi connectivity index (χ4n) is 3.32. The first-order valence-electron chi connectivity index (χ1n) is 7.19. The average Bonchev–Trinajstić information content (AvgIpc) is 2.92. The Bertz CT molecular complexity index is 629. The van der Waals surface area contributed by atoms with E-state index < -0.39 is 0 Å². The van der Waals surface area contributed by atoms with Crippen LogP contribution in [0.1, 0.15) is 37.3 Å². The summed E-state index contributed by atoms with van der Waals surface area (Å²) < 4.78 is 4.27. The maximum absolute atomic E-state index is 6.13. The first-order chi connectivity index (χ1) is 9.52. The van der Waals surface area contributed by atoms with E-state index in [0.717, 1.165) is 42.1 Å². The fraction of sp³-hybridized carbons (Fsp3) is 0.714. The molecule has 110 valence electrons. The van der Waals surface area contributed by atoms with Crippen molar-refractivity contribution in [3.63, 3.8) is 0 Å². The Balaban J connectivity index is 2.10. The number of aryl methyl sites for hydroxylation is 2. The lowest BCUT2D eigenvalue weighted by molar-refractivity contribution is 0.157.